The minimum atomic E-state index is -0.465. The smallest absolute Gasteiger partial charge is 0.255 e. The molecule has 0 aliphatic carbocycles. The fourth-order valence-electron chi connectivity index (χ4n) is 2.46. The topological polar surface area (TPSA) is 82.2 Å². The molecule has 0 atom stereocenters. The number of halogens is 1. The highest BCUT2D eigenvalue weighted by Gasteiger charge is 2.15. The molecule has 1 heterocycles. The number of para-hydroxylation sites is 1. The lowest BCUT2D eigenvalue weighted by atomic mass is 10.1. The average Bonchev–Trinajstić information content (AvgIpc) is 2.58. The third kappa shape index (κ3) is 3.41. The molecule has 122 valence electrons. The number of carbonyl (C=O) groups is 1. The number of pyridine rings is 1. The number of carbonyl (C=O) groups excluding carboxylic acids is 1. The first-order valence-electron chi connectivity index (χ1n) is 7.38. The number of benzene rings is 2. The Balaban J connectivity index is 1.75. The van der Waals surface area contributed by atoms with E-state index in [0.717, 1.165) is 5.56 Å². The summed E-state index contributed by atoms with van der Waals surface area (Å²) in [5.41, 5.74) is 1.02. The summed E-state index contributed by atoms with van der Waals surface area (Å²) in [5.74, 6) is -0.503. The molecule has 1 aromatic heterocycles. The van der Waals surface area contributed by atoms with Gasteiger partial charge in [-0.3, -0.25) is 9.59 Å². The van der Waals surface area contributed by atoms with Crippen LogP contribution >= 0.6 is 11.6 Å². The van der Waals surface area contributed by atoms with Crippen molar-refractivity contribution in [2.75, 3.05) is 0 Å². The molecule has 5 nitrogen and oxygen atoms in total. The third-order valence-corrected chi connectivity index (χ3v) is 3.98. The van der Waals surface area contributed by atoms with E-state index >= 15 is 0 Å². The Labute approximate surface area is 142 Å². The average molecular weight is 343 g/mol. The quantitative estimate of drug-likeness (QED) is 0.681. The first kappa shape index (κ1) is 16.1. The van der Waals surface area contributed by atoms with E-state index in [4.69, 9.17) is 11.6 Å². The van der Waals surface area contributed by atoms with Gasteiger partial charge in [0.1, 0.15) is 5.75 Å². The van der Waals surface area contributed by atoms with E-state index in [1.165, 1.54) is 0 Å². The lowest BCUT2D eigenvalue weighted by Gasteiger charge is -2.08. The number of hydrogen-bond donors (Lipinski definition) is 3. The van der Waals surface area contributed by atoms with Crippen molar-refractivity contribution in [2.24, 2.45) is 0 Å². The molecule has 0 saturated heterocycles. The summed E-state index contributed by atoms with van der Waals surface area (Å²) in [6.07, 6.45) is -0.195. The Hall–Kier alpha value is -2.79. The second-order valence-electron chi connectivity index (χ2n) is 5.41. The predicted octanol–water partition coefficient (Wildman–Crippen LogP) is 2.75. The number of hydrogen-bond acceptors (Lipinski definition) is 3. The van der Waals surface area contributed by atoms with Gasteiger partial charge in [-0.2, -0.15) is 0 Å². The second-order valence-corrected chi connectivity index (χ2v) is 5.84. The van der Waals surface area contributed by atoms with E-state index in [1.54, 1.807) is 36.4 Å². The number of amides is 1. The van der Waals surface area contributed by atoms with Gasteiger partial charge in [-0.1, -0.05) is 35.9 Å². The second kappa shape index (κ2) is 6.76. The standard InChI is InChI=1S/C18H15ClN2O3/c19-12-7-5-11(6-8-12)10-20-16(22)9-14-17(23)13-3-1-2-4-15(13)21-18(14)24/h1-8H,9-10H2,(H,20,22)(H2,21,23,24). The molecule has 2 aromatic carbocycles. The molecule has 3 rings (SSSR count). The van der Waals surface area contributed by atoms with Crippen molar-refractivity contribution in [2.45, 2.75) is 13.0 Å². The van der Waals surface area contributed by atoms with Crippen LogP contribution in [0, 0.1) is 0 Å². The Bertz CT molecular complexity index is 949. The SMILES string of the molecule is O=C(Cc1c(O)c2ccccc2[nH]c1=O)NCc1ccc(Cl)cc1. The Kier molecular flexibility index (Phi) is 4.53. The zero-order valence-electron chi connectivity index (χ0n) is 12.7. The fourth-order valence-corrected chi connectivity index (χ4v) is 2.58. The van der Waals surface area contributed by atoms with E-state index in [0.29, 0.717) is 22.5 Å². The molecular formula is C18H15ClN2O3. The highest BCUT2D eigenvalue weighted by molar-refractivity contribution is 6.30. The van der Waals surface area contributed by atoms with Gasteiger partial charge in [0, 0.05) is 17.0 Å². The molecule has 3 aromatic rings. The molecular weight excluding hydrogens is 328 g/mol. The van der Waals surface area contributed by atoms with Crippen LogP contribution < -0.4 is 10.9 Å². The monoisotopic (exact) mass is 342 g/mol. The molecule has 3 N–H and O–H groups in total. The first-order valence-corrected chi connectivity index (χ1v) is 7.76. The van der Waals surface area contributed by atoms with E-state index in [1.807, 2.05) is 12.1 Å². The maximum Gasteiger partial charge on any atom is 0.255 e. The molecule has 0 bridgehead atoms. The lowest BCUT2D eigenvalue weighted by Crippen LogP contribution is -2.27. The van der Waals surface area contributed by atoms with E-state index in [2.05, 4.69) is 10.3 Å². The highest BCUT2D eigenvalue weighted by atomic mass is 35.5. The van der Waals surface area contributed by atoms with Gasteiger partial charge in [0.2, 0.25) is 5.91 Å². The third-order valence-electron chi connectivity index (χ3n) is 3.73. The number of aromatic amines is 1. The highest BCUT2D eigenvalue weighted by Crippen LogP contribution is 2.24. The molecule has 0 fully saturated rings. The molecule has 0 radical (unpaired) electrons. The van der Waals surface area contributed by atoms with Gasteiger partial charge in [0.25, 0.3) is 5.56 Å². The van der Waals surface area contributed by atoms with Crippen molar-refractivity contribution in [1.82, 2.24) is 10.3 Å². The maximum atomic E-state index is 12.1. The van der Waals surface area contributed by atoms with Crippen LogP contribution in [0.3, 0.4) is 0 Å². The molecule has 24 heavy (non-hydrogen) atoms. The van der Waals surface area contributed by atoms with Crippen molar-refractivity contribution in [3.05, 3.63) is 75.0 Å². The summed E-state index contributed by atoms with van der Waals surface area (Å²) in [6, 6.07) is 14.0. The molecule has 0 spiro atoms. The van der Waals surface area contributed by atoms with Crippen molar-refractivity contribution in [3.8, 4) is 5.75 Å². The molecule has 0 saturated carbocycles. The summed E-state index contributed by atoms with van der Waals surface area (Å²) < 4.78 is 0. The van der Waals surface area contributed by atoms with Crippen molar-refractivity contribution < 1.29 is 9.90 Å². The fraction of sp³-hybridized carbons (Fsp3) is 0.111. The number of aromatic hydroxyl groups is 1. The van der Waals surface area contributed by atoms with Crippen LogP contribution in [0.1, 0.15) is 11.1 Å². The van der Waals surface area contributed by atoms with Crippen molar-refractivity contribution >= 4 is 28.4 Å². The number of rotatable bonds is 4. The van der Waals surface area contributed by atoms with Crippen LogP contribution in [-0.4, -0.2) is 16.0 Å². The minimum absolute atomic E-state index is 0.0577. The maximum absolute atomic E-state index is 12.1. The molecule has 1 amide bonds. The largest absolute Gasteiger partial charge is 0.507 e. The normalized spacial score (nSPS) is 10.7. The van der Waals surface area contributed by atoms with Crippen LogP contribution in [0.15, 0.2) is 53.3 Å². The molecule has 0 aliphatic rings. The van der Waals surface area contributed by atoms with Crippen LogP contribution in [-0.2, 0) is 17.8 Å². The van der Waals surface area contributed by atoms with Crippen LogP contribution in [0.5, 0.6) is 5.75 Å². The van der Waals surface area contributed by atoms with Gasteiger partial charge in [0.15, 0.2) is 0 Å². The Morgan fingerprint density at radius 2 is 1.83 bits per heavy atom. The molecule has 0 aliphatic heterocycles. The molecule has 6 heteroatoms. The van der Waals surface area contributed by atoms with Gasteiger partial charge < -0.3 is 15.4 Å². The van der Waals surface area contributed by atoms with Crippen LogP contribution in [0.25, 0.3) is 10.9 Å². The zero-order chi connectivity index (χ0) is 17.1. The van der Waals surface area contributed by atoms with Gasteiger partial charge in [0.05, 0.1) is 17.5 Å². The number of aromatic nitrogens is 1. The summed E-state index contributed by atoms with van der Waals surface area (Å²) in [4.78, 5) is 26.9. The predicted molar refractivity (Wildman–Crippen MR) is 93.2 cm³/mol. The van der Waals surface area contributed by atoms with Gasteiger partial charge in [-0.15, -0.1) is 0 Å². The van der Waals surface area contributed by atoms with Crippen molar-refractivity contribution in [1.29, 1.82) is 0 Å². The van der Waals surface area contributed by atoms with E-state index in [9.17, 15) is 14.7 Å². The first-order chi connectivity index (χ1) is 11.5. The number of H-pyrrole nitrogens is 1. The summed E-state index contributed by atoms with van der Waals surface area (Å²) >= 11 is 5.81. The zero-order valence-corrected chi connectivity index (χ0v) is 13.4. The van der Waals surface area contributed by atoms with E-state index < -0.39 is 5.56 Å². The van der Waals surface area contributed by atoms with E-state index in [-0.39, 0.29) is 23.6 Å². The number of fused-ring (bicyclic) bond motifs is 1. The van der Waals surface area contributed by atoms with Gasteiger partial charge >= 0.3 is 0 Å². The van der Waals surface area contributed by atoms with Crippen LogP contribution in [0.4, 0.5) is 0 Å². The Morgan fingerprint density at radius 1 is 1.12 bits per heavy atom. The summed E-state index contributed by atoms with van der Waals surface area (Å²) in [6.45, 7) is 0.322. The molecule has 0 unspecified atom stereocenters. The van der Waals surface area contributed by atoms with Gasteiger partial charge in [-0.25, -0.2) is 0 Å². The van der Waals surface area contributed by atoms with Crippen molar-refractivity contribution in [3.63, 3.8) is 0 Å². The number of nitrogens with one attached hydrogen (secondary N) is 2. The Morgan fingerprint density at radius 3 is 2.58 bits per heavy atom. The van der Waals surface area contributed by atoms with Crippen LogP contribution in [0.2, 0.25) is 5.02 Å². The van der Waals surface area contributed by atoms with Gasteiger partial charge in [-0.05, 0) is 29.8 Å². The summed E-state index contributed by atoms with van der Waals surface area (Å²) in [5, 5.41) is 14.1. The lowest BCUT2D eigenvalue weighted by molar-refractivity contribution is -0.120. The minimum Gasteiger partial charge on any atom is -0.507 e. The summed E-state index contributed by atoms with van der Waals surface area (Å²) in [7, 11) is 0.